The monoisotopic (exact) mass is 307 g/mol. The Kier molecular flexibility index (Phi) is 3.37. The molecule has 0 aromatic heterocycles. The Morgan fingerprint density at radius 1 is 1.09 bits per heavy atom. The van der Waals surface area contributed by atoms with Gasteiger partial charge in [-0.1, -0.05) is 29.8 Å². The van der Waals surface area contributed by atoms with E-state index in [9.17, 15) is 9.90 Å². The van der Waals surface area contributed by atoms with Gasteiger partial charge in [-0.2, -0.15) is 0 Å². The van der Waals surface area contributed by atoms with Crippen molar-refractivity contribution in [1.29, 1.82) is 0 Å². The van der Waals surface area contributed by atoms with Crippen molar-refractivity contribution in [3.05, 3.63) is 59.7 Å². The van der Waals surface area contributed by atoms with Crippen molar-refractivity contribution in [3.63, 3.8) is 0 Å². The summed E-state index contributed by atoms with van der Waals surface area (Å²) in [6, 6.07) is 16.2. The molecule has 3 fully saturated rings. The highest BCUT2D eigenvalue weighted by atomic mass is 16.3. The predicted molar refractivity (Wildman–Crippen MR) is 90.6 cm³/mol. The molecule has 118 valence electrons. The SMILES string of the molecule is Cc1ccc(N2C3CCC(C(=O)C3)C2c2cccc(O)c2)cc1. The molecule has 3 atom stereocenters. The van der Waals surface area contributed by atoms with Crippen LogP contribution in [-0.4, -0.2) is 16.9 Å². The lowest BCUT2D eigenvalue weighted by molar-refractivity contribution is -0.128. The van der Waals surface area contributed by atoms with Gasteiger partial charge in [0.25, 0.3) is 0 Å². The number of ketones is 1. The molecule has 5 rings (SSSR count). The first kappa shape index (κ1) is 14.3. The minimum atomic E-state index is 0.0307. The number of hydrogen-bond donors (Lipinski definition) is 1. The lowest BCUT2D eigenvalue weighted by Gasteiger charge is -2.52. The molecule has 3 aliphatic rings. The van der Waals surface area contributed by atoms with E-state index in [1.54, 1.807) is 12.1 Å². The summed E-state index contributed by atoms with van der Waals surface area (Å²) < 4.78 is 0. The van der Waals surface area contributed by atoms with Crippen molar-refractivity contribution < 1.29 is 9.90 Å². The summed E-state index contributed by atoms with van der Waals surface area (Å²) in [5, 5.41) is 9.87. The zero-order valence-electron chi connectivity index (χ0n) is 13.3. The van der Waals surface area contributed by atoms with Crippen LogP contribution in [0, 0.1) is 12.8 Å². The highest BCUT2D eigenvalue weighted by molar-refractivity contribution is 5.86. The molecule has 2 aromatic carbocycles. The number of fused-ring (bicyclic) bond motifs is 3. The molecule has 1 saturated carbocycles. The maximum Gasteiger partial charge on any atom is 0.140 e. The summed E-state index contributed by atoms with van der Waals surface area (Å²) in [4.78, 5) is 14.9. The third-order valence-corrected chi connectivity index (χ3v) is 5.28. The van der Waals surface area contributed by atoms with E-state index in [1.165, 1.54) is 11.3 Å². The quantitative estimate of drug-likeness (QED) is 0.911. The van der Waals surface area contributed by atoms with Gasteiger partial charge in [0.05, 0.1) is 6.04 Å². The largest absolute Gasteiger partial charge is 0.508 e. The van der Waals surface area contributed by atoms with E-state index in [0.29, 0.717) is 12.2 Å². The molecule has 1 aliphatic carbocycles. The van der Waals surface area contributed by atoms with E-state index < -0.39 is 0 Å². The number of phenolic OH excluding ortho intramolecular Hbond substituents is 1. The Morgan fingerprint density at radius 2 is 1.87 bits per heavy atom. The van der Waals surface area contributed by atoms with Gasteiger partial charge < -0.3 is 10.0 Å². The minimum absolute atomic E-state index is 0.0307. The summed E-state index contributed by atoms with van der Waals surface area (Å²) in [6.07, 6.45) is 2.67. The molecule has 3 nitrogen and oxygen atoms in total. The van der Waals surface area contributed by atoms with Gasteiger partial charge >= 0.3 is 0 Å². The third kappa shape index (κ3) is 2.40. The third-order valence-electron chi connectivity index (χ3n) is 5.28. The van der Waals surface area contributed by atoms with Gasteiger partial charge in [0.1, 0.15) is 11.5 Å². The van der Waals surface area contributed by atoms with E-state index >= 15 is 0 Å². The van der Waals surface area contributed by atoms with Gasteiger partial charge in [-0.25, -0.2) is 0 Å². The Morgan fingerprint density at radius 3 is 2.57 bits per heavy atom. The van der Waals surface area contributed by atoms with Gasteiger partial charge in [0.2, 0.25) is 0 Å². The van der Waals surface area contributed by atoms with Crippen molar-refractivity contribution in [3.8, 4) is 5.75 Å². The highest BCUT2D eigenvalue weighted by Crippen LogP contribution is 2.48. The molecular formula is C20H21NO2. The summed E-state index contributed by atoms with van der Waals surface area (Å²) in [6.45, 7) is 2.09. The maximum absolute atomic E-state index is 12.5. The van der Waals surface area contributed by atoms with Gasteiger partial charge in [0.15, 0.2) is 0 Å². The van der Waals surface area contributed by atoms with Gasteiger partial charge in [-0.05, 0) is 49.6 Å². The molecule has 3 unspecified atom stereocenters. The van der Waals surface area contributed by atoms with E-state index in [1.807, 2.05) is 12.1 Å². The van der Waals surface area contributed by atoms with Crippen molar-refractivity contribution in [2.45, 2.75) is 38.3 Å². The molecule has 2 saturated heterocycles. The number of carbonyl (C=O) groups is 1. The Bertz CT molecular complexity index is 738. The number of carbonyl (C=O) groups excluding carboxylic acids is 1. The van der Waals surface area contributed by atoms with Crippen molar-refractivity contribution in [1.82, 2.24) is 0 Å². The number of phenols is 1. The van der Waals surface area contributed by atoms with Gasteiger partial charge in [-0.15, -0.1) is 0 Å². The molecular weight excluding hydrogens is 286 g/mol. The first-order valence-corrected chi connectivity index (χ1v) is 8.30. The fraction of sp³-hybridized carbons (Fsp3) is 0.350. The number of piperidine rings is 2. The topological polar surface area (TPSA) is 40.5 Å². The van der Waals surface area contributed by atoms with E-state index in [-0.39, 0.29) is 23.8 Å². The molecule has 2 aromatic rings. The average molecular weight is 307 g/mol. The van der Waals surface area contributed by atoms with Gasteiger partial charge in [-0.3, -0.25) is 4.79 Å². The second kappa shape index (κ2) is 5.41. The first-order chi connectivity index (χ1) is 11.1. The Balaban J connectivity index is 1.81. The molecule has 0 spiro atoms. The Hall–Kier alpha value is -2.29. The van der Waals surface area contributed by atoms with Gasteiger partial charge in [0, 0.05) is 24.1 Å². The van der Waals surface area contributed by atoms with E-state index in [2.05, 4.69) is 36.1 Å². The van der Waals surface area contributed by atoms with Crippen LogP contribution >= 0.6 is 0 Å². The smallest absolute Gasteiger partial charge is 0.140 e. The van der Waals surface area contributed by atoms with Crippen LogP contribution in [0.4, 0.5) is 5.69 Å². The molecule has 2 heterocycles. The number of aryl methyl sites for hydroxylation is 1. The van der Waals surface area contributed by atoms with Crippen LogP contribution in [0.25, 0.3) is 0 Å². The number of hydrogen-bond acceptors (Lipinski definition) is 3. The predicted octanol–water partition coefficient (Wildman–Crippen LogP) is 4.00. The normalized spacial score (nSPS) is 26.6. The van der Waals surface area contributed by atoms with E-state index in [0.717, 1.165) is 18.4 Å². The molecule has 0 radical (unpaired) electrons. The van der Waals surface area contributed by atoms with Crippen molar-refractivity contribution in [2.75, 3.05) is 4.90 Å². The summed E-state index contributed by atoms with van der Waals surface area (Å²) in [5.74, 6) is 0.668. The zero-order valence-corrected chi connectivity index (χ0v) is 13.3. The fourth-order valence-electron chi connectivity index (χ4n) is 4.20. The average Bonchev–Trinajstić information content (AvgIpc) is 2.55. The number of nitrogens with zero attached hydrogens (tertiary/aromatic N) is 1. The Labute approximate surface area is 136 Å². The van der Waals surface area contributed by atoms with Crippen LogP contribution in [0.5, 0.6) is 5.75 Å². The van der Waals surface area contributed by atoms with Crippen LogP contribution in [0.2, 0.25) is 0 Å². The fourth-order valence-corrected chi connectivity index (χ4v) is 4.20. The number of aromatic hydroxyl groups is 1. The number of Topliss-reactive ketones (excluding diaryl/α,β-unsaturated/α-hetero) is 1. The number of anilines is 1. The lowest BCUT2D eigenvalue weighted by atomic mass is 9.71. The molecule has 1 N–H and O–H groups in total. The molecule has 0 amide bonds. The molecule has 2 aliphatic heterocycles. The minimum Gasteiger partial charge on any atom is -0.508 e. The molecule has 2 bridgehead atoms. The van der Waals surface area contributed by atoms with E-state index in [4.69, 9.17) is 0 Å². The molecule has 3 heteroatoms. The second-order valence-electron chi connectivity index (χ2n) is 6.79. The highest BCUT2D eigenvalue weighted by Gasteiger charge is 2.47. The number of benzene rings is 2. The molecule has 23 heavy (non-hydrogen) atoms. The summed E-state index contributed by atoms with van der Waals surface area (Å²) >= 11 is 0. The van der Waals surface area contributed by atoms with Crippen LogP contribution in [0.1, 0.15) is 36.4 Å². The van der Waals surface area contributed by atoms with Crippen molar-refractivity contribution in [2.24, 2.45) is 5.92 Å². The number of rotatable bonds is 2. The van der Waals surface area contributed by atoms with Crippen molar-refractivity contribution >= 4 is 11.5 Å². The maximum atomic E-state index is 12.5. The standard InChI is InChI=1S/C20H21NO2/c1-13-5-7-15(8-6-13)21-16-9-10-18(19(23)12-16)20(21)14-3-2-4-17(22)11-14/h2-8,11,16,18,20,22H,9-10,12H2,1H3. The van der Waals surface area contributed by atoms with Crippen LogP contribution < -0.4 is 4.90 Å². The van der Waals surface area contributed by atoms with Crippen LogP contribution in [0.3, 0.4) is 0 Å². The summed E-state index contributed by atoms with van der Waals surface area (Å²) in [7, 11) is 0. The lowest BCUT2D eigenvalue weighted by Crippen LogP contribution is -2.54. The van der Waals surface area contributed by atoms with Crippen LogP contribution in [0.15, 0.2) is 48.5 Å². The first-order valence-electron chi connectivity index (χ1n) is 8.30. The van der Waals surface area contributed by atoms with Crippen LogP contribution in [-0.2, 0) is 4.79 Å². The second-order valence-corrected chi connectivity index (χ2v) is 6.79. The summed E-state index contributed by atoms with van der Waals surface area (Å²) in [5.41, 5.74) is 3.44. The zero-order chi connectivity index (χ0) is 16.0.